The Balaban J connectivity index is 2.08. The summed E-state index contributed by atoms with van der Waals surface area (Å²) in [6, 6.07) is 20.8. The molecule has 1 unspecified atom stereocenters. The smallest absolute Gasteiger partial charge is 0.191 e. The highest BCUT2D eigenvalue weighted by molar-refractivity contribution is 7.91. The third-order valence-corrected chi connectivity index (χ3v) is 6.26. The lowest BCUT2D eigenvalue weighted by atomic mass is 9.92. The van der Waals surface area contributed by atoms with Crippen LogP contribution in [-0.4, -0.2) is 45.5 Å². The molecular weight excluding hydrogens is 370 g/mol. The first-order chi connectivity index (χ1) is 13.5. The van der Waals surface area contributed by atoms with E-state index in [9.17, 15) is 8.42 Å². The van der Waals surface area contributed by atoms with Crippen LogP contribution in [-0.2, 0) is 16.3 Å². The van der Waals surface area contributed by atoms with Gasteiger partial charge in [-0.2, -0.15) is 0 Å². The molecular formula is C22H31N3O2S. The summed E-state index contributed by atoms with van der Waals surface area (Å²) in [5, 5.41) is 6.34. The monoisotopic (exact) mass is 401 g/mol. The molecule has 0 aromatic heterocycles. The third kappa shape index (κ3) is 7.72. The van der Waals surface area contributed by atoms with Gasteiger partial charge in [0.25, 0.3) is 0 Å². The topological polar surface area (TPSA) is 70.6 Å². The van der Waals surface area contributed by atoms with Gasteiger partial charge in [-0.15, -0.1) is 0 Å². The molecule has 0 aliphatic heterocycles. The maximum Gasteiger partial charge on any atom is 0.191 e. The fourth-order valence-electron chi connectivity index (χ4n) is 2.92. The number of nitrogens with zero attached hydrogens (tertiary/aromatic N) is 1. The molecule has 28 heavy (non-hydrogen) atoms. The molecule has 0 heterocycles. The Morgan fingerprint density at radius 1 is 0.964 bits per heavy atom. The molecule has 0 aliphatic rings. The lowest BCUT2D eigenvalue weighted by molar-refractivity contribution is 0.595. The molecule has 0 radical (unpaired) electrons. The molecule has 2 N–H and O–H groups in total. The fourth-order valence-corrected chi connectivity index (χ4v) is 3.63. The van der Waals surface area contributed by atoms with E-state index in [-0.39, 0.29) is 17.4 Å². The van der Waals surface area contributed by atoms with Crippen LogP contribution >= 0.6 is 0 Å². The van der Waals surface area contributed by atoms with Gasteiger partial charge in [0.1, 0.15) is 0 Å². The van der Waals surface area contributed by atoms with Crippen molar-refractivity contribution in [3.05, 3.63) is 71.8 Å². The molecule has 1 atom stereocenters. The Bertz CT molecular complexity index is 821. The molecule has 0 fully saturated rings. The first-order valence-corrected chi connectivity index (χ1v) is 11.7. The average molecular weight is 402 g/mol. The highest BCUT2D eigenvalue weighted by Crippen LogP contribution is 2.21. The molecule has 2 rings (SSSR count). The SMILES string of the molecule is CCNC(=NCC(Cc1ccccc1)c1ccccc1)NCCS(=O)(=O)CC. The van der Waals surface area contributed by atoms with E-state index >= 15 is 0 Å². The van der Waals surface area contributed by atoms with E-state index in [2.05, 4.69) is 59.2 Å². The van der Waals surface area contributed by atoms with Gasteiger partial charge >= 0.3 is 0 Å². The van der Waals surface area contributed by atoms with E-state index in [1.807, 2.05) is 19.1 Å². The van der Waals surface area contributed by atoms with E-state index in [4.69, 9.17) is 4.99 Å². The Kier molecular flexibility index (Phi) is 9.01. The number of aliphatic imine (C=N–C) groups is 1. The standard InChI is InChI=1S/C22H31N3O2S/c1-3-23-22(24-15-16-28(26,27)4-2)25-18-21(20-13-9-6-10-14-20)17-19-11-7-5-8-12-19/h5-14,21H,3-4,15-18H2,1-2H3,(H2,23,24,25). The molecule has 2 aromatic rings. The molecule has 0 amide bonds. The van der Waals surface area contributed by atoms with E-state index in [0.29, 0.717) is 19.0 Å². The summed E-state index contributed by atoms with van der Waals surface area (Å²) in [7, 11) is -2.99. The Labute approximate surface area is 169 Å². The van der Waals surface area contributed by atoms with Crippen LogP contribution in [0.4, 0.5) is 0 Å². The quantitative estimate of drug-likeness (QED) is 0.474. The summed E-state index contributed by atoms with van der Waals surface area (Å²) in [4.78, 5) is 4.73. The molecule has 0 spiro atoms. The van der Waals surface area contributed by atoms with Crippen LogP contribution in [0.1, 0.15) is 30.9 Å². The second-order valence-electron chi connectivity index (χ2n) is 6.68. The Morgan fingerprint density at radius 2 is 1.61 bits per heavy atom. The molecule has 0 saturated carbocycles. The molecule has 0 bridgehead atoms. The first kappa shape index (κ1) is 22.0. The minimum Gasteiger partial charge on any atom is -0.357 e. The first-order valence-electron chi connectivity index (χ1n) is 9.85. The predicted octanol–water partition coefficient (Wildman–Crippen LogP) is 3.00. The van der Waals surface area contributed by atoms with Crippen LogP contribution in [0.2, 0.25) is 0 Å². The average Bonchev–Trinajstić information content (AvgIpc) is 2.72. The summed E-state index contributed by atoms with van der Waals surface area (Å²) in [6.07, 6.45) is 0.901. The second kappa shape index (κ2) is 11.5. The maximum absolute atomic E-state index is 11.7. The van der Waals surface area contributed by atoms with Gasteiger partial charge in [0.2, 0.25) is 0 Å². The van der Waals surface area contributed by atoms with Gasteiger partial charge in [-0.3, -0.25) is 4.99 Å². The molecule has 0 aliphatic carbocycles. The van der Waals surface area contributed by atoms with E-state index in [0.717, 1.165) is 13.0 Å². The summed E-state index contributed by atoms with van der Waals surface area (Å²) in [5.41, 5.74) is 2.53. The van der Waals surface area contributed by atoms with Crippen LogP contribution in [0, 0.1) is 0 Å². The predicted molar refractivity (Wildman–Crippen MR) is 118 cm³/mol. The zero-order valence-corrected chi connectivity index (χ0v) is 17.6. The van der Waals surface area contributed by atoms with Crippen LogP contribution in [0.25, 0.3) is 0 Å². The number of hydrogen-bond acceptors (Lipinski definition) is 3. The van der Waals surface area contributed by atoms with Gasteiger partial charge in [-0.25, -0.2) is 8.42 Å². The summed E-state index contributed by atoms with van der Waals surface area (Å²) >= 11 is 0. The Morgan fingerprint density at radius 3 is 2.21 bits per heavy atom. The number of hydrogen-bond donors (Lipinski definition) is 2. The number of sulfone groups is 1. The minimum absolute atomic E-state index is 0.111. The number of benzene rings is 2. The molecule has 152 valence electrons. The molecule has 6 heteroatoms. The third-order valence-electron chi connectivity index (χ3n) is 4.56. The van der Waals surface area contributed by atoms with Gasteiger partial charge < -0.3 is 10.6 Å². The zero-order chi connectivity index (χ0) is 20.2. The lowest BCUT2D eigenvalue weighted by Gasteiger charge is -2.17. The van der Waals surface area contributed by atoms with Gasteiger partial charge in [-0.05, 0) is 24.5 Å². The van der Waals surface area contributed by atoms with Crippen LogP contribution in [0.3, 0.4) is 0 Å². The van der Waals surface area contributed by atoms with Crippen molar-refractivity contribution in [1.29, 1.82) is 0 Å². The van der Waals surface area contributed by atoms with Crippen LogP contribution < -0.4 is 10.6 Å². The van der Waals surface area contributed by atoms with Crippen molar-refractivity contribution in [2.45, 2.75) is 26.2 Å². The minimum atomic E-state index is -2.99. The van der Waals surface area contributed by atoms with Crippen LogP contribution in [0.5, 0.6) is 0 Å². The summed E-state index contributed by atoms with van der Waals surface area (Å²) in [5.74, 6) is 1.18. The van der Waals surface area contributed by atoms with Crippen molar-refractivity contribution in [2.75, 3.05) is 31.1 Å². The van der Waals surface area contributed by atoms with Crippen LogP contribution in [0.15, 0.2) is 65.7 Å². The van der Waals surface area contributed by atoms with Crippen molar-refractivity contribution in [3.8, 4) is 0 Å². The normalized spacial score (nSPS) is 13.1. The number of guanidine groups is 1. The fraction of sp³-hybridized carbons (Fsp3) is 0.409. The molecule has 5 nitrogen and oxygen atoms in total. The largest absolute Gasteiger partial charge is 0.357 e. The van der Waals surface area contributed by atoms with Crippen molar-refractivity contribution < 1.29 is 8.42 Å². The van der Waals surface area contributed by atoms with E-state index in [1.165, 1.54) is 11.1 Å². The van der Waals surface area contributed by atoms with Crippen molar-refractivity contribution in [2.24, 2.45) is 4.99 Å². The van der Waals surface area contributed by atoms with E-state index in [1.54, 1.807) is 6.92 Å². The summed E-state index contributed by atoms with van der Waals surface area (Å²) < 4.78 is 23.4. The maximum atomic E-state index is 11.7. The highest BCUT2D eigenvalue weighted by Gasteiger charge is 2.13. The van der Waals surface area contributed by atoms with Gasteiger partial charge in [-0.1, -0.05) is 67.6 Å². The van der Waals surface area contributed by atoms with Crippen molar-refractivity contribution in [3.63, 3.8) is 0 Å². The lowest BCUT2D eigenvalue weighted by Crippen LogP contribution is -2.40. The second-order valence-corrected chi connectivity index (χ2v) is 9.15. The molecule has 0 saturated heterocycles. The summed E-state index contributed by atoms with van der Waals surface area (Å²) in [6.45, 7) is 5.37. The zero-order valence-electron chi connectivity index (χ0n) is 16.8. The number of nitrogens with one attached hydrogen (secondary N) is 2. The molecule has 2 aromatic carbocycles. The van der Waals surface area contributed by atoms with E-state index < -0.39 is 9.84 Å². The van der Waals surface area contributed by atoms with Crippen molar-refractivity contribution in [1.82, 2.24) is 10.6 Å². The van der Waals surface area contributed by atoms with Gasteiger partial charge in [0.15, 0.2) is 15.8 Å². The van der Waals surface area contributed by atoms with Gasteiger partial charge in [0.05, 0.1) is 5.75 Å². The van der Waals surface area contributed by atoms with Gasteiger partial charge in [0, 0.05) is 31.3 Å². The highest BCUT2D eigenvalue weighted by atomic mass is 32.2. The number of rotatable bonds is 10. The Hall–Kier alpha value is -2.34. The van der Waals surface area contributed by atoms with Crippen molar-refractivity contribution >= 4 is 15.8 Å².